The highest BCUT2D eigenvalue weighted by Gasteiger charge is 2.24. The van der Waals surface area contributed by atoms with E-state index in [9.17, 15) is 4.79 Å². The normalized spacial score (nSPS) is 16.1. The maximum absolute atomic E-state index is 12.7. The van der Waals surface area contributed by atoms with E-state index in [4.69, 9.17) is 9.47 Å². The largest absolute Gasteiger partial charge is 0.497 e. The summed E-state index contributed by atoms with van der Waals surface area (Å²) < 4.78 is 11.5. The topological polar surface area (TPSA) is 63.7 Å². The summed E-state index contributed by atoms with van der Waals surface area (Å²) in [5, 5.41) is 5.94. The van der Waals surface area contributed by atoms with Crippen LogP contribution < -0.4 is 14.8 Å². The van der Waals surface area contributed by atoms with Crippen molar-refractivity contribution in [2.45, 2.75) is 32.5 Å². The van der Waals surface area contributed by atoms with Gasteiger partial charge < -0.3 is 14.8 Å². The van der Waals surface area contributed by atoms with E-state index in [1.165, 1.54) is 0 Å². The zero-order valence-corrected chi connectivity index (χ0v) is 18.7. The minimum absolute atomic E-state index is 0.0161. The summed E-state index contributed by atoms with van der Waals surface area (Å²) in [5.41, 5.74) is 3.06. The Morgan fingerprint density at radius 2 is 2.13 bits per heavy atom. The molecule has 1 atom stereocenters. The van der Waals surface area contributed by atoms with E-state index in [1.54, 1.807) is 18.4 Å². The van der Waals surface area contributed by atoms with E-state index in [2.05, 4.69) is 22.1 Å². The number of thiazole rings is 1. The minimum Gasteiger partial charge on any atom is -0.497 e. The number of hydrogen-bond acceptors (Lipinski definition) is 6. The van der Waals surface area contributed by atoms with Crippen molar-refractivity contribution in [3.63, 3.8) is 0 Å². The van der Waals surface area contributed by atoms with Crippen LogP contribution in [0.2, 0.25) is 0 Å². The Bertz CT molecular complexity index is 1020. The molecule has 7 heteroatoms. The molecule has 0 saturated carbocycles. The molecule has 1 aliphatic heterocycles. The number of rotatable bonds is 7. The van der Waals surface area contributed by atoms with Crippen molar-refractivity contribution in [2.24, 2.45) is 0 Å². The van der Waals surface area contributed by atoms with Crippen molar-refractivity contribution >= 4 is 17.2 Å². The highest BCUT2D eigenvalue weighted by Crippen LogP contribution is 2.29. The molecule has 2 aromatic carbocycles. The molecule has 0 saturated heterocycles. The van der Waals surface area contributed by atoms with E-state index in [0.717, 1.165) is 39.7 Å². The van der Waals surface area contributed by atoms with Crippen LogP contribution in [0.15, 0.2) is 53.9 Å². The van der Waals surface area contributed by atoms with Crippen molar-refractivity contribution in [3.8, 4) is 22.8 Å². The molecule has 6 nitrogen and oxygen atoms in total. The maximum atomic E-state index is 12.7. The first kappa shape index (κ1) is 21.3. The third kappa shape index (κ3) is 5.42. The highest BCUT2D eigenvalue weighted by molar-refractivity contribution is 7.09. The Kier molecular flexibility index (Phi) is 6.84. The molecule has 0 radical (unpaired) electrons. The lowest BCUT2D eigenvalue weighted by atomic mass is 10.2. The number of benzene rings is 2. The Morgan fingerprint density at radius 1 is 1.29 bits per heavy atom. The summed E-state index contributed by atoms with van der Waals surface area (Å²) in [6.07, 6.45) is 0.931. The van der Waals surface area contributed by atoms with Gasteiger partial charge in [-0.2, -0.15) is 0 Å². The lowest BCUT2D eigenvalue weighted by Crippen LogP contribution is -2.40. The highest BCUT2D eigenvalue weighted by atomic mass is 32.1. The quantitative estimate of drug-likeness (QED) is 0.603. The molecule has 31 heavy (non-hydrogen) atoms. The molecule has 3 aromatic rings. The van der Waals surface area contributed by atoms with Gasteiger partial charge in [0.25, 0.3) is 0 Å². The van der Waals surface area contributed by atoms with Gasteiger partial charge in [0.05, 0.1) is 25.9 Å². The van der Waals surface area contributed by atoms with E-state index in [1.807, 2.05) is 53.9 Å². The minimum atomic E-state index is -0.0161. The van der Waals surface area contributed by atoms with Crippen LogP contribution in [-0.4, -0.2) is 42.1 Å². The molecule has 1 amide bonds. The molecule has 0 bridgehead atoms. The van der Waals surface area contributed by atoms with Crippen molar-refractivity contribution < 1.29 is 14.3 Å². The fraction of sp³-hybridized carbons (Fsp3) is 0.333. The van der Waals surface area contributed by atoms with Crippen LogP contribution in [0, 0.1) is 0 Å². The molecule has 1 aromatic heterocycles. The average Bonchev–Trinajstić information content (AvgIpc) is 3.20. The van der Waals surface area contributed by atoms with Gasteiger partial charge in [-0.1, -0.05) is 37.3 Å². The number of nitrogens with zero attached hydrogens (tertiary/aromatic N) is 2. The predicted molar refractivity (Wildman–Crippen MR) is 122 cm³/mol. The van der Waals surface area contributed by atoms with Crippen molar-refractivity contribution in [1.29, 1.82) is 0 Å². The van der Waals surface area contributed by atoms with Crippen LogP contribution in [-0.2, 0) is 17.9 Å². The van der Waals surface area contributed by atoms with Gasteiger partial charge >= 0.3 is 0 Å². The summed E-state index contributed by atoms with van der Waals surface area (Å²) >= 11 is 1.56. The number of fused-ring (bicyclic) bond motifs is 1. The molecule has 1 aliphatic rings. The smallest absolute Gasteiger partial charge is 0.234 e. The lowest BCUT2D eigenvalue weighted by molar-refractivity contribution is -0.122. The number of ether oxygens (including phenoxy) is 2. The second-order valence-corrected chi connectivity index (χ2v) is 8.50. The number of hydrogen-bond donors (Lipinski definition) is 1. The van der Waals surface area contributed by atoms with Gasteiger partial charge in [0.2, 0.25) is 5.91 Å². The number of carbonyl (C=O) groups excluding carboxylic acids is 1. The molecule has 0 fully saturated rings. The molecule has 1 unspecified atom stereocenters. The number of nitrogens with one attached hydrogen (secondary N) is 1. The second-order valence-electron chi connectivity index (χ2n) is 7.56. The van der Waals surface area contributed by atoms with E-state index in [-0.39, 0.29) is 12.0 Å². The first-order valence-corrected chi connectivity index (χ1v) is 11.3. The zero-order valence-electron chi connectivity index (χ0n) is 17.8. The van der Waals surface area contributed by atoms with E-state index in [0.29, 0.717) is 26.2 Å². The lowest BCUT2D eigenvalue weighted by Gasteiger charge is -2.22. The Morgan fingerprint density at radius 3 is 2.90 bits per heavy atom. The number of carbonyl (C=O) groups is 1. The molecular formula is C24H27N3O3S. The summed E-state index contributed by atoms with van der Waals surface area (Å²) in [5.74, 6) is 1.64. The van der Waals surface area contributed by atoms with Crippen LogP contribution in [0.1, 0.15) is 23.9 Å². The van der Waals surface area contributed by atoms with Gasteiger partial charge in [-0.25, -0.2) is 4.98 Å². The standard InChI is InChI=1S/C24H27N3O3S/c1-3-19-14-27(13-18-11-20(29-2)9-10-22(18)30-19)15-23(28)25-12-24-26-21(16-31-24)17-7-5-4-6-8-17/h4-11,16,19H,3,12-15H2,1-2H3,(H,25,28). The fourth-order valence-electron chi connectivity index (χ4n) is 3.63. The summed E-state index contributed by atoms with van der Waals surface area (Å²) in [7, 11) is 1.65. The van der Waals surface area contributed by atoms with Crippen LogP contribution in [0.25, 0.3) is 11.3 Å². The zero-order chi connectivity index (χ0) is 21.6. The molecule has 0 spiro atoms. The third-order valence-electron chi connectivity index (χ3n) is 5.30. The van der Waals surface area contributed by atoms with Crippen molar-refractivity contribution in [3.05, 3.63) is 64.5 Å². The molecule has 2 heterocycles. The average molecular weight is 438 g/mol. The second kappa shape index (κ2) is 9.94. The summed E-state index contributed by atoms with van der Waals surface area (Å²) in [6, 6.07) is 15.9. The van der Waals surface area contributed by atoms with Gasteiger partial charge in [0, 0.05) is 29.6 Å². The summed E-state index contributed by atoms with van der Waals surface area (Å²) in [6.45, 7) is 4.20. The fourth-order valence-corrected chi connectivity index (χ4v) is 4.37. The van der Waals surface area contributed by atoms with Crippen LogP contribution in [0.5, 0.6) is 11.5 Å². The van der Waals surface area contributed by atoms with Gasteiger partial charge in [-0.3, -0.25) is 9.69 Å². The molecule has 4 rings (SSSR count). The van der Waals surface area contributed by atoms with E-state index < -0.39 is 0 Å². The Labute approximate surface area is 186 Å². The van der Waals surface area contributed by atoms with Crippen LogP contribution in [0.4, 0.5) is 0 Å². The molecule has 0 aliphatic carbocycles. The SMILES string of the molecule is CCC1CN(CC(=O)NCc2nc(-c3ccccc3)cs2)Cc2cc(OC)ccc2O1. The third-order valence-corrected chi connectivity index (χ3v) is 6.15. The predicted octanol–water partition coefficient (Wildman–Crippen LogP) is 4.11. The van der Waals surface area contributed by atoms with Gasteiger partial charge in [-0.15, -0.1) is 11.3 Å². The van der Waals surface area contributed by atoms with Crippen molar-refractivity contribution in [2.75, 3.05) is 20.2 Å². The van der Waals surface area contributed by atoms with Gasteiger partial charge in [0.15, 0.2) is 0 Å². The summed E-state index contributed by atoms with van der Waals surface area (Å²) in [4.78, 5) is 19.4. The maximum Gasteiger partial charge on any atom is 0.234 e. The van der Waals surface area contributed by atoms with Gasteiger partial charge in [-0.05, 0) is 24.6 Å². The Balaban J connectivity index is 1.37. The van der Waals surface area contributed by atoms with E-state index >= 15 is 0 Å². The first-order valence-electron chi connectivity index (χ1n) is 10.5. The number of aromatic nitrogens is 1. The molecular weight excluding hydrogens is 410 g/mol. The number of methoxy groups -OCH3 is 1. The first-order chi connectivity index (χ1) is 15.1. The Hall–Kier alpha value is -2.90. The van der Waals surface area contributed by atoms with Crippen LogP contribution >= 0.6 is 11.3 Å². The van der Waals surface area contributed by atoms with Crippen LogP contribution in [0.3, 0.4) is 0 Å². The van der Waals surface area contributed by atoms with Crippen molar-refractivity contribution in [1.82, 2.24) is 15.2 Å². The van der Waals surface area contributed by atoms with Gasteiger partial charge in [0.1, 0.15) is 22.6 Å². The molecule has 1 N–H and O–H groups in total. The number of amides is 1. The molecule has 162 valence electrons. The monoisotopic (exact) mass is 437 g/mol.